The molecule has 2 amide bonds. The van der Waals surface area contributed by atoms with Crippen molar-refractivity contribution in [1.82, 2.24) is 25.1 Å². The lowest BCUT2D eigenvalue weighted by Gasteiger charge is -2.14. The molecule has 0 saturated carbocycles. The number of unbranched alkanes of at least 4 members (excludes halogenated alkanes) is 1. The molecule has 180 valence electrons. The molecule has 2 aromatic carbocycles. The Kier molecular flexibility index (Phi) is 6.48. The van der Waals surface area contributed by atoms with E-state index in [1.165, 1.54) is 21.9 Å². The second-order valence-electron chi connectivity index (χ2n) is 7.98. The van der Waals surface area contributed by atoms with Gasteiger partial charge in [-0.15, -0.1) is 5.10 Å². The van der Waals surface area contributed by atoms with Crippen LogP contribution in [-0.2, 0) is 9.53 Å². The summed E-state index contributed by atoms with van der Waals surface area (Å²) in [4.78, 5) is 39.2. The Bertz CT molecular complexity index is 1390. The summed E-state index contributed by atoms with van der Waals surface area (Å²) in [6.07, 6.45) is 3.93. The molecule has 0 spiro atoms. The number of rotatable bonds is 9. The van der Waals surface area contributed by atoms with Gasteiger partial charge in [0.1, 0.15) is 5.76 Å². The van der Waals surface area contributed by atoms with Gasteiger partial charge < -0.3 is 9.15 Å². The average molecular weight is 483 g/mol. The van der Waals surface area contributed by atoms with Crippen molar-refractivity contribution < 1.29 is 23.5 Å². The summed E-state index contributed by atoms with van der Waals surface area (Å²) in [5.74, 6) is -0.443. The molecule has 0 unspecified atom stereocenters. The maximum atomic E-state index is 13.1. The third kappa shape index (κ3) is 4.56. The normalized spacial score (nSPS) is 13.2. The highest BCUT2D eigenvalue weighted by Crippen LogP contribution is 2.23. The Morgan fingerprint density at radius 2 is 1.64 bits per heavy atom. The van der Waals surface area contributed by atoms with Gasteiger partial charge >= 0.3 is 5.97 Å². The van der Waals surface area contributed by atoms with Crippen LogP contribution in [0.1, 0.15) is 39.3 Å². The molecular weight excluding hydrogens is 462 g/mol. The van der Waals surface area contributed by atoms with Crippen molar-refractivity contribution in [2.45, 2.75) is 12.8 Å². The minimum absolute atomic E-state index is 0.0779. The number of imide groups is 1. The third-order valence-corrected chi connectivity index (χ3v) is 5.65. The maximum Gasteiger partial charge on any atom is 0.357 e. The van der Waals surface area contributed by atoms with Gasteiger partial charge in [-0.2, -0.15) is 4.68 Å². The highest BCUT2D eigenvalue weighted by atomic mass is 16.5. The maximum absolute atomic E-state index is 13.1. The van der Waals surface area contributed by atoms with E-state index in [2.05, 4.69) is 15.5 Å². The number of carbonyl (C=O) groups excluding carboxylic acids is 3. The number of nitrogens with zero attached hydrogens (tertiary/aromatic N) is 5. The van der Waals surface area contributed by atoms with Crippen LogP contribution in [0.15, 0.2) is 77.4 Å². The largest absolute Gasteiger partial charge is 0.465 e. The lowest BCUT2D eigenvalue weighted by atomic mass is 10.1. The minimum atomic E-state index is -0.642. The van der Waals surface area contributed by atoms with Crippen LogP contribution in [0.25, 0.3) is 23.2 Å². The van der Waals surface area contributed by atoms with Crippen molar-refractivity contribution in [2.24, 2.45) is 0 Å². The molecule has 5 rings (SSSR count). The Hall–Kier alpha value is -4.86. The van der Waals surface area contributed by atoms with E-state index in [9.17, 15) is 14.4 Å². The second kappa shape index (κ2) is 10.2. The summed E-state index contributed by atoms with van der Waals surface area (Å²) < 4.78 is 12.2. The number of ether oxygens (including phenoxy) is 1. The number of amides is 2. The molecule has 10 nitrogen and oxygen atoms in total. The van der Waals surface area contributed by atoms with Crippen molar-refractivity contribution in [3.8, 4) is 11.4 Å². The monoisotopic (exact) mass is 483 g/mol. The molecule has 0 radical (unpaired) electrons. The molecule has 0 atom stereocenters. The van der Waals surface area contributed by atoms with Crippen molar-refractivity contribution >= 4 is 29.6 Å². The van der Waals surface area contributed by atoms with E-state index in [1.54, 1.807) is 36.4 Å². The van der Waals surface area contributed by atoms with Gasteiger partial charge in [0.15, 0.2) is 11.5 Å². The van der Waals surface area contributed by atoms with Crippen LogP contribution in [0.2, 0.25) is 0 Å². The van der Waals surface area contributed by atoms with Crippen LogP contribution < -0.4 is 0 Å². The summed E-state index contributed by atoms with van der Waals surface area (Å²) in [5, 5.41) is 11.8. The smallest absolute Gasteiger partial charge is 0.357 e. The van der Waals surface area contributed by atoms with Crippen molar-refractivity contribution in [3.63, 3.8) is 0 Å². The van der Waals surface area contributed by atoms with Gasteiger partial charge in [0.05, 0.1) is 24.0 Å². The molecule has 0 N–H and O–H groups in total. The Labute approximate surface area is 205 Å². The molecular formula is C26H21N5O5. The lowest BCUT2D eigenvalue weighted by molar-refractivity contribution is -0.137. The summed E-state index contributed by atoms with van der Waals surface area (Å²) in [5.41, 5.74) is 1.63. The number of tetrazole rings is 1. The zero-order valence-corrected chi connectivity index (χ0v) is 19.1. The zero-order chi connectivity index (χ0) is 24.9. The highest BCUT2D eigenvalue weighted by Gasteiger charge is 2.34. The van der Waals surface area contributed by atoms with Gasteiger partial charge in [0, 0.05) is 18.2 Å². The fraction of sp³-hybridized carbons (Fsp3) is 0.154. The fourth-order valence-corrected chi connectivity index (χ4v) is 3.88. The number of carbonyl (C=O) groups is 3. The summed E-state index contributed by atoms with van der Waals surface area (Å²) in [6.45, 7) is 0.324. The Morgan fingerprint density at radius 1 is 0.917 bits per heavy atom. The molecule has 4 aromatic rings. The number of esters is 1. The molecule has 0 fully saturated rings. The van der Waals surface area contributed by atoms with Crippen LogP contribution in [-0.4, -0.2) is 56.0 Å². The van der Waals surface area contributed by atoms with E-state index in [0.29, 0.717) is 35.6 Å². The van der Waals surface area contributed by atoms with Gasteiger partial charge in [-0.1, -0.05) is 42.5 Å². The predicted octanol–water partition coefficient (Wildman–Crippen LogP) is 3.55. The van der Waals surface area contributed by atoms with Gasteiger partial charge in [0.2, 0.25) is 0 Å². The van der Waals surface area contributed by atoms with Crippen molar-refractivity contribution in [2.75, 3.05) is 13.2 Å². The van der Waals surface area contributed by atoms with Gasteiger partial charge in [-0.05, 0) is 47.5 Å². The molecule has 36 heavy (non-hydrogen) atoms. The molecule has 10 heteroatoms. The van der Waals surface area contributed by atoms with Gasteiger partial charge in [0.25, 0.3) is 11.8 Å². The van der Waals surface area contributed by atoms with Crippen LogP contribution in [0.5, 0.6) is 0 Å². The molecule has 3 heterocycles. The molecule has 2 aromatic heterocycles. The van der Waals surface area contributed by atoms with Crippen LogP contribution in [0.3, 0.4) is 0 Å². The summed E-state index contributed by atoms with van der Waals surface area (Å²) in [7, 11) is 0. The zero-order valence-electron chi connectivity index (χ0n) is 19.1. The first-order valence-electron chi connectivity index (χ1n) is 11.3. The first-order valence-corrected chi connectivity index (χ1v) is 11.3. The van der Waals surface area contributed by atoms with Crippen molar-refractivity contribution in [1.29, 1.82) is 0 Å². The summed E-state index contributed by atoms with van der Waals surface area (Å²) >= 11 is 0. The number of hydrogen-bond acceptors (Lipinski definition) is 8. The first-order chi connectivity index (χ1) is 17.6. The van der Waals surface area contributed by atoms with Gasteiger partial charge in [-0.3, -0.25) is 14.5 Å². The van der Waals surface area contributed by atoms with E-state index in [-0.39, 0.29) is 30.7 Å². The molecule has 0 aliphatic carbocycles. The molecule has 1 aliphatic rings. The number of benzene rings is 2. The SMILES string of the molecule is O=C(OCCCCN1C(=O)c2ccccc2C1=O)/C(=C/c1ccco1)n1nnnc1-c1ccccc1. The number of fused-ring (bicyclic) bond motifs is 1. The van der Waals surface area contributed by atoms with E-state index in [4.69, 9.17) is 9.15 Å². The number of hydrogen-bond donors (Lipinski definition) is 0. The molecule has 0 saturated heterocycles. The minimum Gasteiger partial charge on any atom is -0.465 e. The predicted molar refractivity (Wildman–Crippen MR) is 128 cm³/mol. The van der Waals surface area contributed by atoms with Gasteiger partial charge in [-0.25, -0.2) is 4.79 Å². The molecule has 0 bridgehead atoms. The van der Waals surface area contributed by atoms with E-state index >= 15 is 0 Å². The standard InChI is InChI=1S/C26H21N5O5/c32-24-20-12-4-5-13-21(20)25(33)30(24)14-6-7-15-36-26(34)22(17-19-11-8-16-35-19)31-23(27-28-29-31)18-9-2-1-3-10-18/h1-5,8-13,16-17H,6-7,14-15H2/b22-17-. The Morgan fingerprint density at radius 3 is 2.33 bits per heavy atom. The summed E-state index contributed by atoms with van der Waals surface area (Å²) in [6, 6.07) is 19.4. The third-order valence-electron chi connectivity index (χ3n) is 5.65. The van der Waals surface area contributed by atoms with E-state index < -0.39 is 5.97 Å². The number of aromatic nitrogens is 4. The molecule has 1 aliphatic heterocycles. The van der Waals surface area contributed by atoms with E-state index in [0.717, 1.165) is 5.56 Å². The van der Waals surface area contributed by atoms with E-state index in [1.807, 2.05) is 30.3 Å². The highest BCUT2D eigenvalue weighted by molar-refractivity contribution is 6.21. The van der Waals surface area contributed by atoms with Crippen molar-refractivity contribution in [3.05, 3.63) is 89.9 Å². The number of furan rings is 1. The van der Waals surface area contributed by atoms with Crippen LogP contribution in [0.4, 0.5) is 0 Å². The topological polar surface area (TPSA) is 120 Å². The second-order valence-corrected chi connectivity index (χ2v) is 7.98. The fourth-order valence-electron chi connectivity index (χ4n) is 3.88. The Balaban J connectivity index is 1.23. The lowest BCUT2D eigenvalue weighted by Crippen LogP contribution is -2.30. The quantitative estimate of drug-likeness (QED) is 0.153. The first kappa shape index (κ1) is 22.9. The van der Waals surface area contributed by atoms with Crippen LogP contribution in [0, 0.1) is 0 Å². The average Bonchev–Trinajstić information content (AvgIpc) is 3.65. The van der Waals surface area contributed by atoms with Crippen LogP contribution >= 0.6 is 0 Å².